The molecule has 1 heteroatoms. The van der Waals surface area contributed by atoms with E-state index in [1.54, 1.807) is 0 Å². The van der Waals surface area contributed by atoms with Gasteiger partial charge in [-0.25, -0.2) is 0 Å². The van der Waals surface area contributed by atoms with Crippen molar-refractivity contribution in [2.24, 2.45) is 22.2 Å². The molecule has 0 aromatic heterocycles. The van der Waals surface area contributed by atoms with Gasteiger partial charge in [-0.15, -0.1) is 11.6 Å². The number of fused-ring (bicyclic) bond motifs is 1. The second kappa shape index (κ2) is 2.94. The lowest BCUT2D eigenvalue weighted by molar-refractivity contribution is 0.138. The molecule has 0 heterocycles. The summed E-state index contributed by atoms with van der Waals surface area (Å²) in [6.45, 7) is 4.96. The first kappa shape index (κ1) is 10.4. The Morgan fingerprint density at radius 1 is 1.00 bits per heavy atom. The predicted octanol–water partition coefficient (Wildman–Crippen LogP) is 4.61. The van der Waals surface area contributed by atoms with Gasteiger partial charge in [-0.1, -0.05) is 33.1 Å². The molecule has 0 bridgehead atoms. The van der Waals surface area contributed by atoms with Crippen molar-refractivity contribution in [2.75, 3.05) is 5.88 Å². The summed E-state index contributed by atoms with van der Waals surface area (Å²) in [5.74, 6) is 1.71. The molecule has 3 rings (SSSR count). The Balaban J connectivity index is 1.99. The van der Waals surface area contributed by atoms with Crippen molar-refractivity contribution in [3.8, 4) is 0 Å². The van der Waals surface area contributed by atoms with E-state index in [0.29, 0.717) is 10.8 Å². The SMILES string of the molecule is CC1(C)C(CCl)C12CCCC21CCCC1. The number of alkyl halides is 1. The lowest BCUT2D eigenvalue weighted by Crippen LogP contribution is -2.28. The van der Waals surface area contributed by atoms with Crippen molar-refractivity contribution < 1.29 is 0 Å². The molecule has 0 aromatic carbocycles. The summed E-state index contributed by atoms with van der Waals surface area (Å²) in [6.07, 6.45) is 10.4. The van der Waals surface area contributed by atoms with Crippen molar-refractivity contribution in [1.82, 2.24) is 0 Å². The second-order valence-corrected chi connectivity index (χ2v) is 7.05. The van der Waals surface area contributed by atoms with Crippen molar-refractivity contribution in [1.29, 1.82) is 0 Å². The van der Waals surface area contributed by atoms with Gasteiger partial charge in [0, 0.05) is 5.88 Å². The first-order valence-corrected chi connectivity index (χ1v) is 7.20. The molecule has 0 aromatic rings. The molecule has 0 saturated heterocycles. The zero-order chi connectivity index (χ0) is 10.7. The monoisotopic (exact) mass is 226 g/mol. The van der Waals surface area contributed by atoms with Crippen LogP contribution in [0.5, 0.6) is 0 Å². The molecule has 0 nitrogen and oxygen atoms in total. The van der Waals surface area contributed by atoms with Crippen LogP contribution >= 0.6 is 11.6 Å². The van der Waals surface area contributed by atoms with E-state index < -0.39 is 0 Å². The molecule has 86 valence electrons. The zero-order valence-corrected chi connectivity index (χ0v) is 10.9. The van der Waals surface area contributed by atoms with Crippen LogP contribution in [0.15, 0.2) is 0 Å². The molecule has 0 radical (unpaired) electrons. The minimum absolute atomic E-state index is 0.537. The lowest BCUT2D eigenvalue weighted by Gasteiger charge is -2.35. The Morgan fingerprint density at radius 2 is 1.60 bits per heavy atom. The van der Waals surface area contributed by atoms with Gasteiger partial charge in [0.05, 0.1) is 0 Å². The first-order chi connectivity index (χ1) is 7.11. The van der Waals surface area contributed by atoms with Gasteiger partial charge in [0.15, 0.2) is 0 Å². The maximum Gasteiger partial charge on any atom is 0.0262 e. The molecule has 3 saturated carbocycles. The largest absolute Gasteiger partial charge is 0.126 e. The number of hydrogen-bond acceptors (Lipinski definition) is 0. The van der Waals surface area contributed by atoms with E-state index in [2.05, 4.69) is 13.8 Å². The standard InChI is InChI=1S/C14H23Cl/c1-12(2)11(10-15)14(12)9-5-8-13(14)6-3-4-7-13/h11H,3-10H2,1-2H3. The van der Waals surface area contributed by atoms with E-state index in [1.807, 2.05) is 0 Å². The first-order valence-electron chi connectivity index (χ1n) is 6.67. The third-order valence-corrected chi connectivity index (χ3v) is 6.73. The Kier molecular flexibility index (Phi) is 2.05. The molecule has 2 atom stereocenters. The smallest absolute Gasteiger partial charge is 0.0262 e. The van der Waals surface area contributed by atoms with Crippen molar-refractivity contribution in [2.45, 2.75) is 58.8 Å². The minimum atomic E-state index is 0.537. The second-order valence-electron chi connectivity index (χ2n) is 6.74. The van der Waals surface area contributed by atoms with E-state index in [0.717, 1.165) is 17.2 Å². The van der Waals surface area contributed by atoms with E-state index in [4.69, 9.17) is 11.6 Å². The van der Waals surface area contributed by atoms with Crippen molar-refractivity contribution in [3.63, 3.8) is 0 Å². The maximum atomic E-state index is 6.21. The summed E-state index contributed by atoms with van der Waals surface area (Å²) in [5.41, 5.74) is 1.91. The van der Waals surface area contributed by atoms with Crippen LogP contribution in [0.4, 0.5) is 0 Å². The van der Waals surface area contributed by atoms with E-state index in [9.17, 15) is 0 Å². The topological polar surface area (TPSA) is 0 Å². The van der Waals surface area contributed by atoms with Crippen LogP contribution in [-0.2, 0) is 0 Å². The third kappa shape index (κ3) is 0.965. The van der Waals surface area contributed by atoms with Crippen molar-refractivity contribution >= 4 is 11.6 Å². The molecule has 3 fully saturated rings. The molecular weight excluding hydrogens is 204 g/mol. The fraction of sp³-hybridized carbons (Fsp3) is 1.00. The van der Waals surface area contributed by atoms with Gasteiger partial charge in [0.1, 0.15) is 0 Å². The molecule has 0 amide bonds. The highest BCUT2D eigenvalue weighted by molar-refractivity contribution is 6.18. The van der Waals surface area contributed by atoms with Crippen LogP contribution in [0, 0.1) is 22.2 Å². The Bertz CT molecular complexity index is 270. The fourth-order valence-corrected chi connectivity index (χ4v) is 6.43. The number of hydrogen-bond donors (Lipinski definition) is 0. The van der Waals surface area contributed by atoms with Crippen LogP contribution in [0.1, 0.15) is 58.8 Å². The molecule has 15 heavy (non-hydrogen) atoms. The van der Waals surface area contributed by atoms with Gasteiger partial charge in [-0.05, 0) is 47.8 Å². The summed E-state index contributed by atoms with van der Waals surface area (Å²) >= 11 is 6.21. The van der Waals surface area contributed by atoms with Gasteiger partial charge >= 0.3 is 0 Å². The number of rotatable bonds is 1. The summed E-state index contributed by atoms with van der Waals surface area (Å²) in [7, 11) is 0. The number of halogens is 1. The van der Waals surface area contributed by atoms with Crippen LogP contribution < -0.4 is 0 Å². The van der Waals surface area contributed by atoms with Gasteiger partial charge < -0.3 is 0 Å². The molecule has 3 aliphatic carbocycles. The minimum Gasteiger partial charge on any atom is -0.126 e. The van der Waals surface area contributed by atoms with Crippen LogP contribution in [-0.4, -0.2) is 5.88 Å². The average molecular weight is 227 g/mol. The highest BCUT2D eigenvalue weighted by atomic mass is 35.5. The average Bonchev–Trinajstić information content (AvgIpc) is 2.67. The fourth-order valence-electron chi connectivity index (χ4n) is 5.78. The Labute approximate surface area is 98.8 Å². The van der Waals surface area contributed by atoms with E-state index >= 15 is 0 Å². The van der Waals surface area contributed by atoms with Crippen molar-refractivity contribution in [3.05, 3.63) is 0 Å². The summed E-state index contributed by atoms with van der Waals surface area (Å²) in [6, 6.07) is 0. The zero-order valence-electron chi connectivity index (χ0n) is 10.1. The predicted molar refractivity (Wildman–Crippen MR) is 65.2 cm³/mol. The molecular formula is C14H23Cl. The van der Waals surface area contributed by atoms with Gasteiger partial charge in [0.25, 0.3) is 0 Å². The highest BCUT2D eigenvalue weighted by Crippen LogP contribution is 2.84. The lowest BCUT2D eigenvalue weighted by atomic mass is 9.69. The van der Waals surface area contributed by atoms with Crippen LogP contribution in [0.3, 0.4) is 0 Å². The highest BCUT2D eigenvalue weighted by Gasteiger charge is 2.78. The Hall–Kier alpha value is 0.290. The molecule has 0 N–H and O–H groups in total. The van der Waals surface area contributed by atoms with E-state index in [1.165, 1.54) is 44.9 Å². The van der Waals surface area contributed by atoms with Crippen LogP contribution in [0.25, 0.3) is 0 Å². The molecule has 3 aliphatic rings. The maximum absolute atomic E-state index is 6.21. The summed E-state index contributed by atoms with van der Waals surface area (Å²) < 4.78 is 0. The van der Waals surface area contributed by atoms with E-state index in [-0.39, 0.29) is 0 Å². The normalized spacial score (nSPS) is 45.4. The van der Waals surface area contributed by atoms with Gasteiger partial charge in [0.2, 0.25) is 0 Å². The molecule has 2 spiro atoms. The van der Waals surface area contributed by atoms with Gasteiger partial charge in [-0.2, -0.15) is 0 Å². The molecule has 2 unspecified atom stereocenters. The third-order valence-electron chi connectivity index (χ3n) is 6.42. The quantitative estimate of drug-likeness (QED) is 0.573. The van der Waals surface area contributed by atoms with Gasteiger partial charge in [-0.3, -0.25) is 0 Å². The summed E-state index contributed by atoms with van der Waals surface area (Å²) in [5, 5.41) is 0. The Morgan fingerprint density at radius 3 is 2.13 bits per heavy atom. The summed E-state index contributed by atoms with van der Waals surface area (Å²) in [4.78, 5) is 0. The molecule has 0 aliphatic heterocycles. The van der Waals surface area contributed by atoms with Crippen LogP contribution in [0.2, 0.25) is 0 Å².